The van der Waals surface area contributed by atoms with E-state index in [-0.39, 0.29) is 6.54 Å². The molecule has 0 aromatic carbocycles. The van der Waals surface area contributed by atoms with Crippen molar-refractivity contribution in [2.45, 2.75) is 31.3 Å². The number of hydrogen-bond donors (Lipinski definition) is 3. The fourth-order valence-corrected chi connectivity index (χ4v) is 2.11. The van der Waals surface area contributed by atoms with Gasteiger partial charge in [-0.05, 0) is 0 Å². The lowest BCUT2D eigenvalue weighted by Crippen LogP contribution is -2.61. The van der Waals surface area contributed by atoms with E-state index >= 15 is 0 Å². The summed E-state index contributed by atoms with van der Waals surface area (Å²) in [6.45, 7) is 0.439. The van der Waals surface area contributed by atoms with Gasteiger partial charge in [-0.1, -0.05) is 6.92 Å². The number of carbonyl (C=O) groups excluding carboxylic acids is 2. The molecule has 0 radical (unpaired) electrons. The van der Waals surface area contributed by atoms with Gasteiger partial charge in [0.25, 0.3) is 0 Å². The van der Waals surface area contributed by atoms with Gasteiger partial charge < -0.3 is 14.9 Å². The first kappa shape index (κ1) is 14.1. The molecule has 2 aliphatic rings. The van der Waals surface area contributed by atoms with E-state index in [0.29, 0.717) is 4.90 Å². The molecule has 2 rings (SSSR count). The van der Waals surface area contributed by atoms with Crippen LogP contribution in [0.25, 0.3) is 0 Å². The highest BCUT2D eigenvalue weighted by Crippen LogP contribution is 2.38. The number of halogens is 2. The van der Waals surface area contributed by atoms with Gasteiger partial charge in [0.1, 0.15) is 6.10 Å². The fraction of sp³-hybridized carbons (Fsp3) is 0.800. The number of alkyl halides is 2. The number of nitrogens with zero attached hydrogens (tertiary/aromatic N) is 1. The molecular weight excluding hydrogens is 266 g/mol. The van der Waals surface area contributed by atoms with Crippen LogP contribution in [0.15, 0.2) is 0 Å². The van der Waals surface area contributed by atoms with Gasteiger partial charge in [0.15, 0.2) is 6.10 Å². The van der Waals surface area contributed by atoms with E-state index in [9.17, 15) is 23.5 Å². The number of amides is 3. The van der Waals surface area contributed by atoms with Crippen molar-refractivity contribution >= 4 is 11.9 Å². The van der Waals surface area contributed by atoms with Crippen molar-refractivity contribution in [1.29, 1.82) is 0 Å². The van der Waals surface area contributed by atoms with Gasteiger partial charge in [-0.25, -0.2) is 4.79 Å². The highest BCUT2D eigenvalue weighted by molar-refractivity contribution is 5.97. The summed E-state index contributed by atoms with van der Waals surface area (Å²) >= 11 is 0. The quantitative estimate of drug-likeness (QED) is 0.595. The van der Waals surface area contributed by atoms with Crippen molar-refractivity contribution in [1.82, 2.24) is 10.2 Å². The number of ether oxygens (including phenoxy) is 1. The first-order valence-corrected chi connectivity index (χ1v) is 5.72. The second-order valence-corrected chi connectivity index (χ2v) is 4.68. The maximum absolute atomic E-state index is 13.8. The van der Waals surface area contributed by atoms with Crippen LogP contribution >= 0.6 is 0 Å². The van der Waals surface area contributed by atoms with Crippen molar-refractivity contribution in [3.63, 3.8) is 0 Å². The van der Waals surface area contributed by atoms with E-state index in [4.69, 9.17) is 9.84 Å². The number of imide groups is 1. The number of aliphatic hydroxyl groups excluding tert-OH is 2. The van der Waals surface area contributed by atoms with Crippen molar-refractivity contribution in [2.24, 2.45) is 5.92 Å². The monoisotopic (exact) mass is 280 g/mol. The van der Waals surface area contributed by atoms with Crippen LogP contribution < -0.4 is 5.32 Å². The average Bonchev–Trinajstić information content (AvgIpc) is 2.56. The second kappa shape index (κ2) is 4.66. The van der Waals surface area contributed by atoms with Crippen LogP contribution in [-0.2, 0) is 9.53 Å². The number of nitrogens with one attached hydrogen (secondary N) is 1. The molecule has 1 unspecified atom stereocenters. The average molecular weight is 280 g/mol. The van der Waals surface area contributed by atoms with E-state index in [1.807, 2.05) is 5.32 Å². The Morgan fingerprint density at radius 1 is 1.53 bits per heavy atom. The van der Waals surface area contributed by atoms with Gasteiger partial charge in [-0.2, -0.15) is 8.78 Å². The summed E-state index contributed by atoms with van der Waals surface area (Å²) in [5.41, 5.74) is 0. The normalized spacial score (nSPS) is 38.5. The predicted octanol–water partition coefficient (Wildman–Crippen LogP) is -1.11. The molecule has 0 spiro atoms. The number of aliphatic hydroxyl groups is 2. The summed E-state index contributed by atoms with van der Waals surface area (Å²) in [5.74, 6) is -4.94. The van der Waals surface area contributed by atoms with Crippen LogP contribution in [0, 0.1) is 5.92 Å². The third-order valence-corrected chi connectivity index (χ3v) is 3.25. The summed E-state index contributed by atoms with van der Waals surface area (Å²) in [5, 5.41) is 20.1. The summed E-state index contributed by atoms with van der Waals surface area (Å²) < 4.78 is 32.5. The number of rotatable bonds is 2. The Kier molecular flexibility index (Phi) is 3.45. The number of carbonyl (C=O) groups is 2. The highest BCUT2D eigenvalue weighted by atomic mass is 19.3. The lowest BCUT2D eigenvalue weighted by atomic mass is 10.1. The summed E-state index contributed by atoms with van der Waals surface area (Å²) in [7, 11) is 0. The molecule has 9 heteroatoms. The van der Waals surface area contributed by atoms with Crippen molar-refractivity contribution in [3.05, 3.63) is 0 Å². The highest BCUT2D eigenvalue weighted by Gasteiger charge is 2.61. The van der Waals surface area contributed by atoms with E-state index in [2.05, 4.69) is 0 Å². The maximum atomic E-state index is 13.8. The first-order valence-electron chi connectivity index (χ1n) is 5.72. The molecule has 19 heavy (non-hydrogen) atoms. The second-order valence-electron chi connectivity index (χ2n) is 4.68. The van der Waals surface area contributed by atoms with Crippen molar-refractivity contribution in [2.75, 3.05) is 13.2 Å². The molecule has 0 saturated carbocycles. The summed E-state index contributed by atoms with van der Waals surface area (Å²) in [6.07, 6.45) is -5.68. The summed E-state index contributed by atoms with van der Waals surface area (Å²) in [6, 6.07) is -1.00. The molecule has 0 aromatic rings. The predicted molar refractivity (Wildman–Crippen MR) is 56.1 cm³/mol. The van der Waals surface area contributed by atoms with Gasteiger partial charge >= 0.3 is 12.0 Å². The molecule has 7 nitrogen and oxygen atoms in total. The summed E-state index contributed by atoms with van der Waals surface area (Å²) in [4.78, 5) is 23.5. The molecule has 2 heterocycles. The minimum atomic E-state index is -3.72. The zero-order valence-electron chi connectivity index (χ0n) is 10.0. The van der Waals surface area contributed by atoms with Crippen LogP contribution in [0.4, 0.5) is 13.6 Å². The molecule has 2 saturated heterocycles. The lowest BCUT2D eigenvalue weighted by molar-refractivity contribution is -0.161. The molecule has 3 N–H and O–H groups in total. The maximum Gasteiger partial charge on any atom is 0.326 e. The minimum Gasteiger partial charge on any atom is -0.394 e. The van der Waals surface area contributed by atoms with E-state index < -0.39 is 48.8 Å². The van der Waals surface area contributed by atoms with Crippen LogP contribution in [0.1, 0.15) is 6.92 Å². The zero-order chi connectivity index (χ0) is 14.4. The SMILES string of the molecule is CC1CN([C@@H]2O[C@H](CO)[C@@H](O)C2(F)F)C(=O)NC1=O. The van der Waals surface area contributed by atoms with E-state index in [0.717, 1.165) is 0 Å². The van der Waals surface area contributed by atoms with Gasteiger partial charge in [0.05, 0.1) is 12.5 Å². The standard InChI is InChI=1S/C10H14F2N2O5/c1-4-2-14(9(18)13-7(4)17)8-10(11,12)6(16)5(3-15)19-8/h4-6,8,15-16H,2-3H2,1H3,(H,13,17,18)/t4?,5-,6-,8-/m1/s1. The molecule has 108 valence electrons. The van der Waals surface area contributed by atoms with Crippen LogP contribution in [0.2, 0.25) is 0 Å². The van der Waals surface area contributed by atoms with Gasteiger partial charge in [0.2, 0.25) is 12.1 Å². The van der Waals surface area contributed by atoms with Gasteiger partial charge in [-0.15, -0.1) is 0 Å². The molecule has 2 aliphatic heterocycles. The van der Waals surface area contributed by atoms with E-state index in [1.54, 1.807) is 0 Å². The van der Waals surface area contributed by atoms with Crippen LogP contribution in [0.5, 0.6) is 0 Å². The third-order valence-electron chi connectivity index (χ3n) is 3.25. The smallest absolute Gasteiger partial charge is 0.326 e. The molecule has 0 bridgehead atoms. The van der Waals surface area contributed by atoms with Gasteiger partial charge in [-0.3, -0.25) is 15.0 Å². The molecule has 3 amide bonds. The minimum absolute atomic E-state index is 0.240. The Labute approximate surface area is 107 Å². The zero-order valence-corrected chi connectivity index (χ0v) is 10.0. The fourth-order valence-electron chi connectivity index (χ4n) is 2.11. The van der Waals surface area contributed by atoms with Crippen molar-refractivity contribution in [3.8, 4) is 0 Å². The number of hydrogen-bond acceptors (Lipinski definition) is 5. The molecular formula is C10H14F2N2O5. The third kappa shape index (κ3) is 2.17. The molecule has 0 aromatic heterocycles. The largest absolute Gasteiger partial charge is 0.394 e. The Hall–Kier alpha value is -1.32. The van der Waals surface area contributed by atoms with E-state index in [1.165, 1.54) is 6.92 Å². The molecule has 4 atom stereocenters. The lowest BCUT2D eigenvalue weighted by Gasteiger charge is -2.36. The Morgan fingerprint density at radius 2 is 2.16 bits per heavy atom. The topological polar surface area (TPSA) is 99.1 Å². The Balaban J connectivity index is 2.22. The first-order chi connectivity index (χ1) is 8.78. The van der Waals surface area contributed by atoms with Crippen LogP contribution in [0.3, 0.4) is 0 Å². The van der Waals surface area contributed by atoms with Crippen molar-refractivity contribution < 1.29 is 33.3 Å². The number of urea groups is 1. The molecule has 0 aliphatic carbocycles. The van der Waals surface area contributed by atoms with Gasteiger partial charge in [0, 0.05) is 6.54 Å². The molecule has 2 fully saturated rings. The van der Waals surface area contributed by atoms with Crippen LogP contribution in [-0.4, -0.2) is 64.6 Å². The Morgan fingerprint density at radius 3 is 2.68 bits per heavy atom. The Bertz CT molecular complexity index is 405.